The summed E-state index contributed by atoms with van der Waals surface area (Å²) in [6, 6.07) is 0. The molecule has 0 amide bonds. The molecular formula is C9H4F15LiO2. The number of hydrogen-bond acceptors (Lipinski definition) is 2. The maximum absolute atomic E-state index is 13.3. The predicted octanol–water partition coefficient (Wildman–Crippen LogP) is 0.699. The summed E-state index contributed by atoms with van der Waals surface area (Å²) in [6.45, 7) is -5.00. The fourth-order valence-corrected chi connectivity index (χ4v) is 1.66. The van der Waals surface area contributed by atoms with Gasteiger partial charge in [-0.15, -0.1) is 6.61 Å². The van der Waals surface area contributed by atoms with Gasteiger partial charge >= 0.3 is 55.2 Å². The van der Waals surface area contributed by atoms with Gasteiger partial charge in [0.15, 0.2) is 0 Å². The fraction of sp³-hybridized carbons (Fsp3) is 1.00. The maximum Gasteiger partial charge on any atom is 1.00 e. The van der Waals surface area contributed by atoms with Gasteiger partial charge in [-0.05, 0) is 0 Å². The minimum atomic E-state index is -8.12. The first-order chi connectivity index (χ1) is 11.1. The van der Waals surface area contributed by atoms with E-state index in [0.29, 0.717) is 0 Å². The molecule has 18 heteroatoms. The molecule has 0 aromatic carbocycles. The van der Waals surface area contributed by atoms with E-state index >= 15 is 0 Å². The van der Waals surface area contributed by atoms with Gasteiger partial charge in [0, 0.05) is 6.61 Å². The van der Waals surface area contributed by atoms with Gasteiger partial charge in [-0.25, -0.2) is 0 Å². The van der Waals surface area contributed by atoms with Crippen molar-refractivity contribution in [3.63, 3.8) is 0 Å². The summed E-state index contributed by atoms with van der Waals surface area (Å²) in [7, 11) is 0. The van der Waals surface area contributed by atoms with Gasteiger partial charge in [0.05, 0.1) is 0 Å². The number of ether oxygens (including phenoxy) is 1. The molecule has 27 heavy (non-hydrogen) atoms. The van der Waals surface area contributed by atoms with Gasteiger partial charge in [0.2, 0.25) is 0 Å². The van der Waals surface area contributed by atoms with E-state index in [4.69, 9.17) is 0 Å². The largest absolute Gasteiger partial charge is 1.00 e. The summed E-state index contributed by atoms with van der Waals surface area (Å²) in [4.78, 5) is 0. The molecular weight excluding hydrogens is 432 g/mol. The van der Waals surface area contributed by atoms with E-state index in [2.05, 4.69) is 4.74 Å². The molecule has 0 aliphatic rings. The third-order valence-electron chi connectivity index (χ3n) is 2.80. The SMILES string of the molecule is [Li+].[O-]CCOC(C(F)(F)C(F)(F)F)(C(F)(F)C(F)(F)F)C(F)(F)C(F)(F)F. The number of hydrogen-bond donors (Lipinski definition) is 0. The summed E-state index contributed by atoms with van der Waals surface area (Å²) >= 11 is 0. The van der Waals surface area contributed by atoms with E-state index in [0.717, 1.165) is 0 Å². The molecule has 0 spiro atoms. The van der Waals surface area contributed by atoms with Gasteiger partial charge in [0.1, 0.15) is 0 Å². The molecule has 0 unspecified atom stereocenters. The summed E-state index contributed by atoms with van der Waals surface area (Å²) in [5, 5.41) is 10.0. The van der Waals surface area contributed by atoms with E-state index in [1.54, 1.807) is 0 Å². The van der Waals surface area contributed by atoms with Crippen LogP contribution in [0.5, 0.6) is 0 Å². The Bertz CT molecular complexity index is 426. The van der Waals surface area contributed by atoms with Crippen LogP contribution < -0.4 is 24.0 Å². The zero-order chi connectivity index (χ0) is 21.6. The Morgan fingerprint density at radius 1 is 0.519 bits per heavy atom. The first kappa shape index (κ1) is 28.7. The zero-order valence-corrected chi connectivity index (χ0v) is 12.4. The van der Waals surface area contributed by atoms with E-state index < -0.39 is 55.1 Å². The minimum Gasteiger partial charge on any atom is -0.853 e. The van der Waals surface area contributed by atoms with Crippen LogP contribution in [0.1, 0.15) is 0 Å². The van der Waals surface area contributed by atoms with Gasteiger partial charge in [-0.3, -0.25) is 0 Å². The van der Waals surface area contributed by atoms with E-state index in [9.17, 15) is 71.0 Å². The summed E-state index contributed by atoms with van der Waals surface area (Å²) in [5.74, 6) is -24.4. The normalized spacial score (nSPS) is 15.6. The molecule has 0 N–H and O–H groups in total. The topological polar surface area (TPSA) is 32.3 Å². The van der Waals surface area contributed by atoms with Crippen molar-refractivity contribution in [1.29, 1.82) is 0 Å². The molecule has 0 rings (SSSR count). The van der Waals surface area contributed by atoms with Crippen molar-refractivity contribution in [3.8, 4) is 0 Å². The molecule has 0 aromatic rings. The second-order valence-electron chi connectivity index (χ2n) is 4.45. The second-order valence-corrected chi connectivity index (χ2v) is 4.45. The van der Waals surface area contributed by atoms with Crippen molar-refractivity contribution >= 4 is 0 Å². The van der Waals surface area contributed by atoms with E-state index in [1.165, 1.54) is 0 Å². The van der Waals surface area contributed by atoms with Crippen molar-refractivity contribution in [3.05, 3.63) is 0 Å². The molecule has 0 saturated heterocycles. The summed E-state index contributed by atoms with van der Waals surface area (Å²) in [5.41, 5.74) is -7.88. The molecule has 0 atom stereocenters. The molecule has 2 nitrogen and oxygen atoms in total. The van der Waals surface area contributed by atoms with Crippen LogP contribution in [0.15, 0.2) is 0 Å². The Morgan fingerprint density at radius 2 is 0.741 bits per heavy atom. The van der Waals surface area contributed by atoms with Crippen molar-refractivity contribution in [1.82, 2.24) is 0 Å². The summed E-state index contributed by atoms with van der Waals surface area (Å²) in [6.07, 6.45) is -23.4. The van der Waals surface area contributed by atoms with Crippen molar-refractivity contribution in [2.75, 3.05) is 13.2 Å². The summed E-state index contributed by atoms with van der Waals surface area (Å²) < 4.78 is 193. The molecule has 0 saturated carbocycles. The fourth-order valence-electron chi connectivity index (χ4n) is 1.66. The average Bonchev–Trinajstić information content (AvgIpc) is 2.34. The smallest absolute Gasteiger partial charge is 0.853 e. The van der Waals surface area contributed by atoms with Crippen LogP contribution in [0, 0.1) is 0 Å². The van der Waals surface area contributed by atoms with Crippen molar-refractivity contribution < 1.29 is 94.6 Å². The third kappa shape index (κ3) is 4.10. The monoisotopic (exact) mass is 436 g/mol. The Labute approximate surface area is 150 Å². The van der Waals surface area contributed by atoms with Gasteiger partial charge in [-0.2, -0.15) is 65.9 Å². The molecule has 158 valence electrons. The second kappa shape index (κ2) is 7.71. The first-order valence-electron chi connectivity index (χ1n) is 5.62. The van der Waals surface area contributed by atoms with E-state index in [1.807, 2.05) is 0 Å². The number of halogens is 15. The van der Waals surface area contributed by atoms with E-state index in [-0.39, 0.29) is 18.9 Å². The van der Waals surface area contributed by atoms with Gasteiger partial charge in [0.25, 0.3) is 5.60 Å². The zero-order valence-electron chi connectivity index (χ0n) is 12.4. The van der Waals surface area contributed by atoms with Crippen LogP contribution >= 0.6 is 0 Å². The Balaban J connectivity index is 0. The van der Waals surface area contributed by atoms with Crippen LogP contribution in [-0.4, -0.2) is 55.1 Å². The Kier molecular flexibility index (Phi) is 8.19. The maximum atomic E-state index is 13.3. The predicted molar refractivity (Wildman–Crippen MR) is 46.6 cm³/mol. The van der Waals surface area contributed by atoms with Crippen molar-refractivity contribution in [2.45, 2.75) is 41.9 Å². The Morgan fingerprint density at radius 3 is 0.889 bits per heavy atom. The molecule has 0 bridgehead atoms. The van der Waals surface area contributed by atoms with Crippen LogP contribution in [0.4, 0.5) is 65.9 Å². The van der Waals surface area contributed by atoms with Gasteiger partial charge in [-0.1, -0.05) is 0 Å². The molecule has 0 heterocycles. The molecule has 0 aromatic heterocycles. The number of alkyl halides is 15. The van der Waals surface area contributed by atoms with Crippen LogP contribution in [0.3, 0.4) is 0 Å². The molecule has 0 fully saturated rings. The van der Waals surface area contributed by atoms with Gasteiger partial charge < -0.3 is 9.84 Å². The average molecular weight is 436 g/mol. The number of rotatable bonds is 6. The van der Waals surface area contributed by atoms with Crippen LogP contribution in [-0.2, 0) is 4.74 Å². The molecule has 0 aliphatic heterocycles. The third-order valence-corrected chi connectivity index (χ3v) is 2.80. The minimum absolute atomic E-state index is 0. The first-order valence-corrected chi connectivity index (χ1v) is 5.62. The molecule has 0 aliphatic carbocycles. The Hall–Kier alpha value is -0.533. The standard InChI is InChI=1S/C9H4F15O2.Li/c10-4(11,7(16,17)18)3(26-2-1-25,5(12,13)8(19,20)21)6(14,15)9(22,23)24;/h1-2H2;/q-1;+1. The van der Waals surface area contributed by atoms with Crippen molar-refractivity contribution in [2.24, 2.45) is 0 Å². The molecule has 0 radical (unpaired) electrons. The van der Waals surface area contributed by atoms with Crippen LogP contribution in [0.25, 0.3) is 0 Å². The quantitative estimate of drug-likeness (QED) is 0.454. The van der Waals surface area contributed by atoms with Crippen LogP contribution in [0.2, 0.25) is 0 Å².